The summed E-state index contributed by atoms with van der Waals surface area (Å²) in [6, 6.07) is 7.51. The lowest BCUT2D eigenvalue weighted by molar-refractivity contribution is 0.588. The van der Waals surface area contributed by atoms with Crippen molar-refractivity contribution >= 4 is 15.7 Å². The SMILES string of the molecule is CCNCCCS(=O)(=O)N(C)c1ccccc1C. The van der Waals surface area contributed by atoms with E-state index in [1.165, 1.54) is 4.31 Å². The quantitative estimate of drug-likeness (QED) is 0.768. The molecule has 0 bridgehead atoms. The van der Waals surface area contributed by atoms with Gasteiger partial charge in [-0.15, -0.1) is 0 Å². The first kappa shape index (κ1) is 15.0. The number of benzene rings is 1. The van der Waals surface area contributed by atoms with Crippen LogP contribution in [0.1, 0.15) is 18.9 Å². The number of hydrogen-bond donors (Lipinski definition) is 1. The Morgan fingerprint density at radius 2 is 1.94 bits per heavy atom. The van der Waals surface area contributed by atoms with E-state index in [0.717, 1.165) is 24.3 Å². The van der Waals surface area contributed by atoms with E-state index >= 15 is 0 Å². The van der Waals surface area contributed by atoms with E-state index in [4.69, 9.17) is 0 Å². The van der Waals surface area contributed by atoms with Crippen LogP contribution < -0.4 is 9.62 Å². The molecule has 0 aliphatic heterocycles. The molecule has 0 heterocycles. The normalized spacial score (nSPS) is 11.5. The molecule has 1 aromatic carbocycles. The minimum absolute atomic E-state index is 0.171. The lowest BCUT2D eigenvalue weighted by Crippen LogP contribution is -2.31. The van der Waals surface area contributed by atoms with Crippen LogP contribution in [0.5, 0.6) is 0 Å². The van der Waals surface area contributed by atoms with Crippen LogP contribution in [0, 0.1) is 6.92 Å². The predicted octanol–water partition coefficient (Wildman–Crippen LogP) is 1.76. The number of sulfonamides is 1. The summed E-state index contributed by atoms with van der Waals surface area (Å²) in [5, 5.41) is 3.13. The topological polar surface area (TPSA) is 49.4 Å². The molecule has 0 aliphatic rings. The molecule has 0 aromatic heterocycles. The molecule has 5 heteroatoms. The smallest absolute Gasteiger partial charge is 0.234 e. The minimum atomic E-state index is -3.22. The number of hydrogen-bond acceptors (Lipinski definition) is 3. The molecule has 1 rings (SSSR count). The van der Waals surface area contributed by atoms with Crippen molar-refractivity contribution in [1.29, 1.82) is 0 Å². The van der Waals surface area contributed by atoms with Gasteiger partial charge in [-0.1, -0.05) is 25.1 Å². The molecule has 0 unspecified atom stereocenters. The highest BCUT2D eigenvalue weighted by atomic mass is 32.2. The number of nitrogens with one attached hydrogen (secondary N) is 1. The van der Waals surface area contributed by atoms with Gasteiger partial charge in [0.25, 0.3) is 0 Å². The molecule has 0 radical (unpaired) electrons. The van der Waals surface area contributed by atoms with Crippen LogP contribution in [0.3, 0.4) is 0 Å². The summed E-state index contributed by atoms with van der Waals surface area (Å²) < 4.78 is 25.7. The van der Waals surface area contributed by atoms with E-state index in [-0.39, 0.29) is 5.75 Å². The van der Waals surface area contributed by atoms with Crippen LogP contribution in [0.4, 0.5) is 5.69 Å². The summed E-state index contributed by atoms with van der Waals surface area (Å²) in [7, 11) is -1.61. The maximum Gasteiger partial charge on any atom is 0.234 e. The first-order chi connectivity index (χ1) is 8.49. The third-order valence-corrected chi connectivity index (χ3v) is 4.71. The highest BCUT2D eigenvalue weighted by molar-refractivity contribution is 7.92. The molecule has 0 atom stereocenters. The van der Waals surface area contributed by atoms with E-state index in [0.29, 0.717) is 6.42 Å². The molecule has 1 N–H and O–H groups in total. The zero-order valence-electron chi connectivity index (χ0n) is 11.3. The number of aryl methyl sites for hydroxylation is 1. The highest BCUT2D eigenvalue weighted by Gasteiger charge is 2.18. The van der Waals surface area contributed by atoms with Gasteiger partial charge in [-0.3, -0.25) is 4.31 Å². The van der Waals surface area contributed by atoms with Gasteiger partial charge in [0.2, 0.25) is 10.0 Å². The fraction of sp³-hybridized carbons (Fsp3) is 0.538. The zero-order chi connectivity index (χ0) is 13.6. The van der Waals surface area contributed by atoms with Crippen molar-refractivity contribution in [2.45, 2.75) is 20.3 Å². The molecule has 0 aliphatic carbocycles. The first-order valence-corrected chi connectivity index (χ1v) is 7.83. The summed E-state index contributed by atoms with van der Waals surface area (Å²) in [6.45, 7) is 5.53. The molecule has 4 nitrogen and oxygen atoms in total. The standard InChI is InChI=1S/C13H22N2O2S/c1-4-14-10-7-11-18(16,17)15(3)13-9-6-5-8-12(13)2/h5-6,8-9,14H,4,7,10-11H2,1-3H3. The van der Waals surface area contributed by atoms with Gasteiger partial charge >= 0.3 is 0 Å². The molecular weight excluding hydrogens is 248 g/mol. The second-order valence-corrected chi connectivity index (χ2v) is 6.40. The summed E-state index contributed by atoms with van der Waals surface area (Å²) in [4.78, 5) is 0. The van der Waals surface area contributed by atoms with E-state index in [9.17, 15) is 8.42 Å². The Bertz CT molecular complexity index is 472. The Kier molecular flexibility index (Phi) is 5.62. The van der Waals surface area contributed by atoms with E-state index in [2.05, 4.69) is 5.32 Å². The van der Waals surface area contributed by atoms with Crippen LogP contribution >= 0.6 is 0 Å². The molecule has 102 valence electrons. The minimum Gasteiger partial charge on any atom is -0.317 e. The van der Waals surface area contributed by atoms with Gasteiger partial charge in [0.05, 0.1) is 11.4 Å². The average Bonchev–Trinajstić information content (AvgIpc) is 2.34. The lowest BCUT2D eigenvalue weighted by Gasteiger charge is -2.21. The molecule has 18 heavy (non-hydrogen) atoms. The maximum absolute atomic E-state index is 12.1. The lowest BCUT2D eigenvalue weighted by atomic mass is 10.2. The average molecular weight is 270 g/mol. The number of anilines is 1. The van der Waals surface area contributed by atoms with Crippen molar-refractivity contribution in [3.8, 4) is 0 Å². The number of rotatable bonds is 7. The molecule has 0 saturated heterocycles. The zero-order valence-corrected chi connectivity index (χ0v) is 12.1. The molecule has 0 spiro atoms. The van der Waals surface area contributed by atoms with E-state index < -0.39 is 10.0 Å². The fourth-order valence-corrected chi connectivity index (χ4v) is 3.05. The van der Waals surface area contributed by atoms with E-state index in [1.807, 2.05) is 38.1 Å². The third-order valence-electron chi connectivity index (χ3n) is 2.88. The first-order valence-electron chi connectivity index (χ1n) is 6.22. The van der Waals surface area contributed by atoms with Crippen LogP contribution in [0.2, 0.25) is 0 Å². The van der Waals surface area contributed by atoms with Crippen LogP contribution in [0.25, 0.3) is 0 Å². The molecule has 0 saturated carbocycles. The van der Waals surface area contributed by atoms with Crippen molar-refractivity contribution in [2.75, 3.05) is 30.2 Å². The largest absolute Gasteiger partial charge is 0.317 e. The Labute approximate surface area is 110 Å². The monoisotopic (exact) mass is 270 g/mol. The summed E-state index contributed by atoms with van der Waals surface area (Å²) >= 11 is 0. The second-order valence-electron chi connectivity index (χ2n) is 4.28. The van der Waals surface area contributed by atoms with Gasteiger partial charge in [0, 0.05) is 7.05 Å². The fourth-order valence-electron chi connectivity index (χ4n) is 1.76. The Balaban J connectivity index is 2.70. The Morgan fingerprint density at radius 3 is 2.56 bits per heavy atom. The van der Waals surface area contributed by atoms with E-state index in [1.54, 1.807) is 7.05 Å². The van der Waals surface area contributed by atoms with Gasteiger partial charge in [0.1, 0.15) is 0 Å². The molecule has 0 fully saturated rings. The maximum atomic E-state index is 12.1. The van der Waals surface area contributed by atoms with Crippen molar-refractivity contribution in [1.82, 2.24) is 5.32 Å². The highest BCUT2D eigenvalue weighted by Crippen LogP contribution is 2.20. The van der Waals surface area contributed by atoms with Gasteiger partial charge in [-0.25, -0.2) is 8.42 Å². The summed E-state index contributed by atoms with van der Waals surface area (Å²) in [5.41, 5.74) is 1.72. The van der Waals surface area contributed by atoms with Gasteiger partial charge in [-0.05, 0) is 38.1 Å². The van der Waals surface area contributed by atoms with Crippen LogP contribution in [-0.2, 0) is 10.0 Å². The van der Waals surface area contributed by atoms with Gasteiger partial charge in [0.15, 0.2) is 0 Å². The molecule has 0 amide bonds. The molecule has 1 aromatic rings. The van der Waals surface area contributed by atoms with Crippen LogP contribution in [0.15, 0.2) is 24.3 Å². The van der Waals surface area contributed by atoms with Crippen molar-refractivity contribution in [3.63, 3.8) is 0 Å². The summed E-state index contributed by atoms with van der Waals surface area (Å²) in [5.74, 6) is 0.171. The second kappa shape index (κ2) is 6.75. The molecular formula is C13H22N2O2S. The third kappa shape index (κ3) is 3.99. The van der Waals surface area contributed by atoms with Gasteiger partial charge < -0.3 is 5.32 Å². The predicted molar refractivity (Wildman–Crippen MR) is 76.5 cm³/mol. The Morgan fingerprint density at radius 1 is 1.28 bits per heavy atom. The number of nitrogens with zero attached hydrogens (tertiary/aromatic N) is 1. The van der Waals surface area contributed by atoms with Crippen molar-refractivity contribution < 1.29 is 8.42 Å². The van der Waals surface area contributed by atoms with Crippen molar-refractivity contribution in [3.05, 3.63) is 29.8 Å². The Hall–Kier alpha value is -1.07. The van der Waals surface area contributed by atoms with Gasteiger partial charge in [-0.2, -0.15) is 0 Å². The summed E-state index contributed by atoms with van der Waals surface area (Å²) in [6.07, 6.45) is 0.631. The van der Waals surface area contributed by atoms with Crippen molar-refractivity contribution in [2.24, 2.45) is 0 Å². The van der Waals surface area contributed by atoms with Crippen LogP contribution in [-0.4, -0.2) is 34.3 Å². The number of para-hydroxylation sites is 1.